The molecule has 0 fully saturated rings. The normalized spacial score (nSPS) is 13.3. The first kappa shape index (κ1) is 10.8. The first-order valence-corrected chi connectivity index (χ1v) is 6.85. The van der Waals surface area contributed by atoms with Gasteiger partial charge in [-0.3, -0.25) is 4.40 Å². The van der Waals surface area contributed by atoms with Gasteiger partial charge in [0.25, 0.3) is 0 Å². The van der Waals surface area contributed by atoms with Crippen molar-refractivity contribution >= 4 is 27.8 Å². The minimum absolute atomic E-state index is 0.0698. The summed E-state index contributed by atoms with van der Waals surface area (Å²) in [5.41, 5.74) is 8.08. The van der Waals surface area contributed by atoms with Gasteiger partial charge in [0.1, 0.15) is 0 Å². The quantitative estimate of drug-likeness (QED) is 0.784. The molecule has 3 rings (SSSR count). The lowest BCUT2D eigenvalue weighted by Gasteiger charge is -2.06. The van der Waals surface area contributed by atoms with E-state index in [1.807, 2.05) is 29.1 Å². The summed E-state index contributed by atoms with van der Waals surface area (Å²) in [4.78, 5) is 6.57. The fraction of sp³-hybridized carbons (Fsp3) is 0.300. The first-order chi connectivity index (χ1) is 8.24. The Kier molecular flexibility index (Phi) is 2.65. The van der Waals surface area contributed by atoms with E-state index >= 15 is 0 Å². The second-order valence-corrected chi connectivity index (χ2v) is 5.52. The molecule has 3 aromatic rings. The van der Waals surface area contributed by atoms with E-state index in [4.69, 9.17) is 5.73 Å². The molecule has 0 aliphatic heterocycles. The predicted molar refractivity (Wildman–Crippen MR) is 68.3 cm³/mol. The Labute approximate surface area is 106 Å². The molecular weight excluding hydrogens is 254 g/mol. The summed E-state index contributed by atoms with van der Waals surface area (Å²) in [6.45, 7) is 1.93. The molecule has 88 valence electrons. The highest BCUT2D eigenvalue weighted by atomic mass is 32.1. The molecule has 7 heteroatoms. The van der Waals surface area contributed by atoms with Gasteiger partial charge < -0.3 is 5.73 Å². The number of hydrogen-bond acceptors (Lipinski definition) is 6. The predicted octanol–water partition coefficient (Wildman–Crippen LogP) is 1.80. The molecule has 3 aromatic heterocycles. The largest absolute Gasteiger partial charge is 0.323 e. The number of thiazole rings is 1. The molecule has 0 spiro atoms. The van der Waals surface area contributed by atoms with Crippen LogP contribution >= 0.6 is 22.9 Å². The molecular formula is C10H11N5S2. The number of fused-ring (bicyclic) bond motifs is 1. The van der Waals surface area contributed by atoms with Crippen molar-refractivity contribution in [1.82, 2.24) is 19.0 Å². The minimum atomic E-state index is -0.0698. The lowest BCUT2D eigenvalue weighted by atomic mass is 10.1. The Morgan fingerprint density at radius 2 is 2.41 bits per heavy atom. The van der Waals surface area contributed by atoms with Crippen molar-refractivity contribution < 1.29 is 0 Å². The summed E-state index contributed by atoms with van der Waals surface area (Å²) < 4.78 is 5.92. The van der Waals surface area contributed by atoms with E-state index in [2.05, 4.69) is 14.6 Å². The zero-order chi connectivity index (χ0) is 11.8. The molecule has 0 saturated heterocycles. The topological polar surface area (TPSA) is 69.1 Å². The van der Waals surface area contributed by atoms with Gasteiger partial charge in [0.05, 0.1) is 16.3 Å². The van der Waals surface area contributed by atoms with E-state index in [9.17, 15) is 0 Å². The maximum atomic E-state index is 6.15. The Morgan fingerprint density at radius 1 is 1.53 bits per heavy atom. The van der Waals surface area contributed by atoms with Gasteiger partial charge in [0.15, 0.2) is 4.96 Å². The Morgan fingerprint density at radius 3 is 3.12 bits per heavy atom. The summed E-state index contributed by atoms with van der Waals surface area (Å²) in [6, 6.07) is -0.0698. The van der Waals surface area contributed by atoms with Gasteiger partial charge in [-0.25, -0.2) is 4.98 Å². The van der Waals surface area contributed by atoms with Crippen LogP contribution in [-0.4, -0.2) is 19.0 Å². The third-order valence-electron chi connectivity index (χ3n) is 2.60. The van der Waals surface area contributed by atoms with Crippen LogP contribution in [0.25, 0.3) is 4.96 Å². The van der Waals surface area contributed by atoms with Crippen LogP contribution in [0, 0.1) is 6.92 Å². The molecule has 5 nitrogen and oxygen atoms in total. The smallest absolute Gasteiger partial charge is 0.193 e. The molecule has 3 heterocycles. The van der Waals surface area contributed by atoms with Crippen LogP contribution in [0.2, 0.25) is 0 Å². The summed E-state index contributed by atoms with van der Waals surface area (Å²) in [5, 5.41) is 5.99. The number of hydrogen-bond donors (Lipinski definition) is 1. The van der Waals surface area contributed by atoms with Gasteiger partial charge in [-0.05, 0) is 18.5 Å². The minimum Gasteiger partial charge on any atom is -0.323 e. The monoisotopic (exact) mass is 265 g/mol. The van der Waals surface area contributed by atoms with Crippen LogP contribution in [0.5, 0.6) is 0 Å². The number of nitrogens with zero attached hydrogens (tertiary/aromatic N) is 4. The summed E-state index contributed by atoms with van der Waals surface area (Å²) in [7, 11) is 0. The highest BCUT2D eigenvalue weighted by molar-refractivity contribution is 7.15. The van der Waals surface area contributed by atoms with Gasteiger partial charge in [0, 0.05) is 30.2 Å². The van der Waals surface area contributed by atoms with Gasteiger partial charge in [-0.15, -0.1) is 16.4 Å². The fourth-order valence-electron chi connectivity index (χ4n) is 1.77. The summed E-state index contributed by atoms with van der Waals surface area (Å²) >= 11 is 2.99. The average molecular weight is 265 g/mol. The summed E-state index contributed by atoms with van der Waals surface area (Å²) in [6.07, 6.45) is 4.75. The Bertz CT molecular complexity index is 609. The SMILES string of the molecule is Cc1nnsc1C(N)Cc1cn2ccsc2n1. The second kappa shape index (κ2) is 4.17. The molecule has 0 bridgehead atoms. The van der Waals surface area contributed by atoms with Crippen molar-refractivity contribution in [3.8, 4) is 0 Å². The zero-order valence-electron chi connectivity index (χ0n) is 9.20. The van der Waals surface area contributed by atoms with Gasteiger partial charge in [-0.1, -0.05) is 4.49 Å². The van der Waals surface area contributed by atoms with Crippen molar-refractivity contribution in [1.29, 1.82) is 0 Å². The molecule has 0 aliphatic carbocycles. The van der Waals surface area contributed by atoms with Gasteiger partial charge in [0.2, 0.25) is 0 Å². The molecule has 0 aliphatic rings. The van der Waals surface area contributed by atoms with E-state index in [1.165, 1.54) is 11.5 Å². The van der Waals surface area contributed by atoms with Crippen LogP contribution in [0.1, 0.15) is 22.3 Å². The molecule has 0 aromatic carbocycles. The number of aromatic nitrogens is 4. The number of nitrogens with two attached hydrogens (primary N) is 1. The third-order valence-corrected chi connectivity index (χ3v) is 4.32. The van der Waals surface area contributed by atoms with Gasteiger partial charge >= 0.3 is 0 Å². The maximum Gasteiger partial charge on any atom is 0.193 e. The van der Waals surface area contributed by atoms with Crippen LogP contribution in [0.3, 0.4) is 0 Å². The maximum absolute atomic E-state index is 6.15. The van der Waals surface area contributed by atoms with E-state index < -0.39 is 0 Å². The van der Waals surface area contributed by atoms with Crippen LogP contribution in [0.15, 0.2) is 17.8 Å². The van der Waals surface area contributed by atoms with Crippen molar-refractivity contribution in [3.05, 3.63) is 34.0 Å². The lowest BCUT2D eigenvalue weighted by Crippen LogP contribution is -2.13. The third kappa shape index (κ3) is 1.97. The Balaban J connectivity index is 1.83. The van der Waals surface area contributed by atoms with Crippen molar-refractivity contribution in [2.75, 3.05) is 0 Å². The number of rotatable bonds is 3. The van der Waals surface area contributed by atoms with Crippen molar-refractivity contribution in [2.24, 2.45) is 5.73 Å². The van der Waals surface area contributed by atoms with Crippen LogP contribution < -0.4 is 5.73 Å². The standard InChI is InChI=1S/C10H11N5S2/c1-6-9(17-14-13-6)8(11)4-7-5-15-2-3-16-10(15)12-7/h2-3,5,8H,4,11H2,1H3. The summed E-state index contributed by atoms with van der Waals surface area (Å²) in [5.74, 6) is 0. The van der Waals surface area contributed by atoms with Gasteiger partial charge in [-0.2, -0.15) is 0 Å². The lowest BCUT2D eigenvalue weighted by molar-refractivity contribution is 0.716. The fourth-order valence-corrected chi connectivity index (χ4v) is 3.13. The number of imidazole rings is 1. The van der Waals surface area contributed by atoms with E-state index in [1.54, 1.807) is 11.3 Å². The second-order valence-electron chi connectivity index (χ2n) is 3.86. The molecule has 0 radical (unpaired) electrons. The average Bonchev–Trinajstić information content (AvgIpc) is 2.92. The molecule has 17 heavy (non-hydrogen) atoms. The highest BCUT2D eigenvalue weighted by Gasteiger charge is 2.15. The zero-order valence-corrected chi connectivity index (χ0v) is 10.8. The molecule has 2 N–H and O–H groups in total. The van der Waals surface area contributed by atoms with E-state index in [-0.39, 0.29) is 6.04 Å². The van der Waals surface area contributed by atoms with E-state index in [0.717, 1.165) is 27.6 Å². The molecule has 0 amide bonds. The number of aryl methyl sites for hydroxylation is 1. The molecule has 1 atom stereocenters. The molecule has 1 unspecified atom stereocenters. The van der Waals surface area contributed by atoms with Crippen LogP contribution in [0.4, 0.5) is 0 Å². The molecule has 0 saturated carbocycles. The highest BCUT2D eigenvalue weighted by Crippen LogP contribution is 2.22. The van der Waals surface area contributed by atoms with Crippen LogP contribution in [-0.2, 0) is 6.42 Å². The van der Waals surface area contributed by atoms with Crippen molar-refractivity contribution in [3.63, 3.8) is 0 Å². The first-order valence-electron chi connectivity index (χ1n) is 5.19. The van der Waals surface area contributed by atoms with Crippen molar-refractivity contribution in [2.45, 2.75) is 19.4 Å². The Hall–Kier alpha value is -1.31. The van der Waals surface area contributed by atoms with E-state index in [0.29, 0.717) is 0 Å².